The Hall–Kier alpha value is 0.730. The van der Waals surface area contributed by atoms with E-state index < -0.39 is 4.84 Å². The third kappa shape index (κ3) is 283. The second-order valence-corrected chi connectivity index (χ2v) is 1.57. The van der Waals surface area contributed by atoms with E-state index in [1.165, 1.54) is 6.38 Å². The van der Waals surface area contributed by atoms with Crippen molar-refractivity contribution in [1.82, 2.24) is 0 Å². The van der Waals surface area contributed by atoms with Crippen LogP contribution in [0.25, 0.3) is 0 Å². The predicted molar refractivity (Wildman–Crippen MR) is 28.4 cm³/mol. The molecule has 0 rings (SSSR count). The van der Waals surface area contributed by atoms with Crippen LogP contribution < -0.4 is 0 Å². The zero-order chi connectivity index (χ0) is 6.50. The molecule has 0 unspecified atom stereocenters. The van der Waals surface area contributed by atoms with Crippen molar-refractivity contribution >= 4 is 34.8 Å². The van der Waals surface area contributed by atoms with E-state index >= 15 is 0 Å². The van der Waals surface area contributed by atoms with Gasteiger partial charge >= 0.3 is 4.84 Å². The van der Waals surface area contributed by atoms with E-state index in [0.717, 1.165) is 0 Å². The van der Waals surface area contributed by atoms with E-state index in [9.17, 15) is 8.78 Å². The van der Waals surface area contributed by atoms with Crippen molar-refractivity contribution in [3.05, 3.63) is 0 Å². The highest BCUT2D eigenvalue weighted by Crippen LogP contribution is 2.22. The Bertz CT molecular complexity index is 26.4. The Kier molecular flexibility index (Phi) is 7.43. The highest BCUT2D eigenvalue weighted by atomic mass is 35.5. The summed E-state index contributed by atoms with van der Waals surface area (Å²) in [4.78, 5) is -3.56. The van der Waals surface area contributed by atoms with Crippen LogP contribution in [-0.2, 0) is 0 Å². The van der Waals surface area contributed by atoms with Gasteiger partial charge in [-0.25, -0.2) is 0 Å². The zero-order valence-electron chi connectivity index (χ0n) is 3.39. The van der Waals surface area contributed by atoms with Crippen LogP contribution in [0.2, 0.25) is 0 Å². The molecule has 0 radical (unpaired) electrons. The molecule has 0 heterocycles. The maximum absolute atomic E-state index is 10.6. The van der Waals surface area contributed by atoms with E-state index in [4.69, 9.17) is 0 Å². The molecule has 0 aromatic rings. The van der Waals surface area contributed by atoms with Crippen molar-refractivity contribution in [1.29, 1.82) is 0 Å². The number of hydrogen-bond acceptors (Lipinski definition) is 0. The van der Waals surface area contributed by atoms with E-state index in [1.54, 1.807) is 0 Å². The van der Waals surface area contributed by atoms with Crippen LogP contribution in [0, 0.1) is 0 Å². The molecule has 0 saturated heterocycles. The summed E-state index contributed by atoms with van der Waals surface area (Å²) in [7, 11) is 0. The Morgan fingerprint density at radius 3 is 1.14 bits per heavy atom. The topological polar surface area (TPSA) is 0 Å². The van der Waals surface area contributed by atoms with Gasteiger partial charge in [0.1, 0.15) is 0 Å². The molecule has 0 bridgehead atoms. The summed E-state index contributed by atoms with van der Waals surface area (Å²) in [6, 6.07) is 0. The van der Waals surface area contributed by atoms with E-state index in [2.05, 4.69) is 34.8 Å². The number of rotatable bonds is 0. The second-order valence-electron chi connectivity index (χ2n) is 0.429. The molecule has 0 nitrogen and oxygen atoms in total. The average Bonchev–Trinajstić information content (AvgIpc) is 1.36. The first-order chi connectivity index (χ1) is 3.00. The lowest BCUT2D eigenvalue weighted by Crippen LogP contribution is -1.86. The minimum atomic E-state index is -3.56. The molecule has 0 fully saturated rings. The quantitative estimate of drug-likeness (QED) is 0.492. The average molecular weight is 171 g/mol. The summed E-state index contributed by atoms with van der Waals surface area (Å²) in [5.41, 5.74) is 0. The molecular weight excluding hydrogens is 168 g/mol. The minimum Gasteiger partial charge on any atom is -0.172 e. The zero-order valence-corrected chi connectivity index (χ0v) is 5.66. The Morgan fingerprint density at radius 2 is 1.14 bits per heavy atom. The van der Waals surface area contributed by atoms with Crippen molar-refractivity contribution in [2.24, 2.45) is 0 Å². The number of halogens is 5. The van der Waals surface area contributed by atoms with E-state index in [-0.39, 0.29) is 0 Å². The monoisotopic (exact) mass is 170 g/mol. The van der Waals surface area contributed by atoms with Crippen LogP contribution in [0.15, 0.2) is 0 Å². The van der Waals surface area contributed by atoms with Gasteiger partial charge in [0, 0.05) is 6.38 Å². The molecule has 0 aromatic heterocycles. The van der Waals surface area contributed by atoms with Gasteiger partial charge in [-0.2, -0.15) is 8.78 Å². The molecule has 0 atom stereocenters. The highest BCUT2D eigenvalue weighted by molar-refractivity contribution is 6.45. The van der Waals surface area contributed by atoms with E-state index in [0.29, 0.717) is 0 Å². The second kappa shape index (κ2) is 4.88. The summed E-state index contributed by atoms with van der Waals surface area (Å²) in [6.45, 7) is 0. The molecule has 0 aromatic carbocycles. The number of alkyl halides is 5. The van der Waals surface area contributed by atoms with Crippen LogP contribution in [0.4, 0.5) is 8.78 Å². The predicted octanol–water partition coefficient (Wildman–Crippen LogP) is 2.87. The van der Waals surface area contributed by atoms with Crippen molar-refractivity contribution < 1.29 is 8.78 Å². The first-order valence-electron chi connectivity index (χ1n) is 1.13. The van der Waals surface area contributed by atoms with Gasteiger partial charge in [0.15, 0.2) is 0 Å². The molecule has 0 amide bonds. The van der Waals surface area contributed by atoms with Crippen LogP contribution in [-0.4, -0.2) is 11.2 Å². The summed E-state index contributed by atoms with van der Waals surface area (Å²) in [6.07, 6.45) is 1.47. The SMILES string of the molecule is CCl.FC(F)(Cl)Cl. The van der Waals surface area contributed by atoms with Crippen LogP contribution in [0.1, 0.15) is 0 Å². The normalized spacial score (nSPS) is 9.43. The summed E-state index contributed by atoms with van der Waals surface area (Å²) in [5, 5.41) is 0. The summed E-state index contributed by atoms with van der Waals surface area (Å²) >= 11 is 12.6. The van der Waals surface area contributed by atoms with Gasteiger partial charge in [-0.3, -0.25) is 0 Å². The van der Waals surface area contributed by atoms with Gasteiger partial charge in [-0.1, -0.05) is 0 Å². The van der Waals surface area contributed by atoms with Crippen LogP contribution in [0.3, 0.4) is 0 Å². The van der Waals surface area contributed by atoms with Gasteiger partial charge in [-0.05, 0) is 23.2 Å². The largest absolute Gasteiger partial charge is 0.401 e. The Balaban J connectivity index is 0. The van der Waals surface area contributed by atoms with Gasteiger partial charge in [0.25, 0.3) is 0 Å². The third-order valence-electron chi connectivity index (χ3n) is 0. The summed E-state index contributed by atoms with van der Waals surface area (Å²) in [5.74, 6) is 0. The fourth-order valence-corrected chi connectivity index (χ4v) is 0. The molecule has 0 aliphatic rings. The molecule has 0 N–H and O–H groups in total. The fraction of sp³-hybridized carbons (Fsp3) is 1.00. The third-order valence-corrected chi connectivity index (χ3v) is 0. The maximum atomic E-state index is 10.6. The van der Waals surface area contributed by atoms with Crippen LogP contribution in [0.5, 0.6) is 0 Å². The first-order valence-corrected chi connectivity index (χ1v) is 2.65. The molecular formula is C2H3Cl3F2. The number of hydrogen-bond donors (Lipinski definition) is 0. The van der Waals surface area contributed by atoms with Crippen molar-refractivity contribution in [3.63, 3.8) is 0 Å². The van der Waals surface area contributed by atoms with E-state index in [1.807, 2.05) is 0 Å². The van der Waals surface area contributed by atoms with Gasteiger partial charge in [-0.15, -0.1) is 11.6 Å². The fourth-order valence-electron chi connectivity index (χ4n) is 0. The van der Waals surface area contributed by atoms with Crippen molar-refractivity contribution in [3.8, 4) is 0 Å². The molecule has 0 aliphatic carbocycles. The van der Waals surface area contributed by atoms with Crippen molar-refractivity contribution in [2.45, 2.75) is 4.84 Å². The van der Waals surface area contributed by atoms with Gasteiger partial charge in [0.05, 0.1) is 0 Å². The minimum absolute atomic E-state index is 1.47. The lowest BCUT2D eigenvalue weighted by Gasteiger charge is -1.87. The molecule has 5 heteroatoms. The molecule has 7 heavy (non-hydrogen) atoms. The standard InChI is InChI=1S/CCl2F2.CH3Cl/c2-1(3,4)5;1-2/h;1H3. The smallest absolute Gasteiger partial charge is 0.172 e. The molecule has 0 saturated carbocycles. The lowest BCUT2D eigenvalue weighted by atomic mass is 11.7. The molecule has 46 valence electrons. The maximum Gasteiger partial charge on any atom is 0.401 e. The lowest BCUT2D eigenvalue weighted by molar-refractivity contribution is 0.194. The molecule has 0 spiro atoms. The van der Waals surface area contributed by atoms with Crippen molar-refractivity contribution in [2.75, 3.05) is 6.38 Å². The van der Waals surface area contributed by atoms with Gasteiger partial charge < -0.3 is 0 Å². The van der Waals surface area contributed by atoms with Crippen LogP contribution >= 0.6 is 34.8 Å². The first kappa shape index (κ1) is 10.7. The Labute approximate surface area is 55.4 Å². The molecule has 0 aliphatic heterocycles. The Morgan fingerprint density at radius 1 is 1.14 bits per heavy atom. The highest BCUT2D eigenvalue weighted by Gasteiger charge is 2.17. The summed E-state index contributed by atoms with van der Waals surface area (Å²) < 4.78 is 21.1. The van der Waals surface area contributed by atoms with Gasteiger partial charge in [0.2, 0.25) is 0 Å².